The molecule has 1 saturated heterocycles. The Hall–Kier alpha value is -1.88. The van der Waals surface area contributed by atoms with Crippen LogP contribution in [-0.2, 0) is 9.84 Å². The zero-order chi connectivity index (χ0) is 16.4. The van der Waals surface area contributed by atoms with Crippen molar-refractivity contribution in [3.8, 4) is 0 Å². The van der Waals surface area contributed by atoms with E-state index in [9.17, 15) is 13.2 Å². The third kappa shape index (κ3) is 3.39. The molecule has 5 heteroatoms. The summed E-state index contributed by atoms with van der Waals surface area (Å²) in [5, 5.41) is 2.11. The maximum atomic E-state index is 12.9. The molecule has 3 rings (SSSR count). The molecule has 0 saturated carbocycles. The van der Waals surface area contributed by atoms with Crippen LogP contribution >= 0.6 is 0 Å². The number of fused-ring (bicyclic) bond motifs is 1. The standard InChI is InChI=1S/C18H21NO3S/c1-2-10-19(17-9-11-23(21,22)13-17)18(20)16-8-7-14-5-3-4-6-15(14)12-16/h3-8,12,17H,2,9-11,13H2,1H3/t17-/m0/s1. The molecule has 23 heavy (non-hydrogen) atoms. The lowest BCUT2D eigenvalue weighted by molar-refractivity contribution is 0.0697. The molecule has 1 heterocycles. The van der Waals surface area contributed by atoms with Crippen LogP contribution in [-0.4, -0.2) is 43.3 Å². The predicted octanol–water partition coefficient (Wildman–Crippen LogP) is 2.88. The van der Waals surface area contributed by atoms with E-state index < -0.39 is 9.84 Å². The van der Waals surface area contributed by atoms with Crippen molar-refractivity contribution in [2.45, 2.75) is 25.8 Å². The molecule has 4 nitrogen and oxygen atoms in total. The second-order valence-corrected chi connectivity index (χ2v) is 8.35. The molecule has 1 fully saturated rings. The van der Waals surface area contributed by atoms with Gasteiger partial charge in [-0.05, 0) is 35.7 Å². The lowest BCUT2D eigenvalue weighted by atomic mass is 10.1. The highest BCUT2D eigenvalue weighted by Crippen LogP contribution is 2.22. The zero-order valence-corrected chi connectivity index (χ0v) is 14.1. The Labute approximate surface area is 137 Å². The van der Waals surface area contributed by atoms with Crippen molar-refractivity contribution in [2.24, 2.45) is 0 Å². The number of hydrogen-bond donors (Lipinski definition) is 0. The van der Waals surface area contributed by atoms with Gasteiger partial charge < -0.3 is 4.90 Å². The number of rotatable bonds is 4. The van der Waals surface area contributed by atoms with Gasteiger partial charge in [-0.15, -0.1) is 0 Å². The molecule has 1 amide bonds. The largest absolute Gasteiger partial charge is 0.335 e. The summed E-state index contributed by atoms with van der Waals surface area (Å²) in [6.07, 6.45) is 1.36. The Kier molecular flexibility index (Phi) is 4.39. The second-order valence-electron chi connectivity index (χ2n) is 6.12. The third-order valence-electron chi connectivity index (χ3n) is 4.37. The topological polar surface area (TPSA) is 54.5 Å². The van der Waals surface area contributed by atoms with Crippen LogP contribution in [0.15, 0.2) is 42.5 Å². The van der Waals surface area contributed by atoms with Gasteiger partial charge in [-0.2, -0.15) is 0 Å². The number of nitrogens with zero attached hydrogens (tertiary/aromatic N) is 1. The number of amides is 1. The van der Waals surface area contributed by atoms with Crippen molar-refractivity contribution in [1.82, 2.24) is 4.90 Å². The van der Waals surface area contributed by atoms with Crippen LogP contribution in [0.3, 0.4) is 0 Å². The van der Waals surface area contributed by atoms with Gasteiger partial charge in [0.1, 0.15) is 0 Å². The summed E-state index contributed by atoms with van der Waals surface area (Å²) in [5.74, 6) is 0.203. The Balaban J connectivity index is 1.90. The van der Waals surface area contributed by atoms with Crippen LogP contribution in [0.5, 0.6) is 0 Å². The van der Waals surface area contributed by atoms with Crippen molar-refractivity contribution in [1.29, 1.82) is 0 Å². The van der Waals surface area contributed by atoms with E-state index in [1.165, 1.54) is 0 Å². The first-order valence-corrected chi connectivity index (χ1v) is 9.82. The molecule has 0 unspecified atom stereocenters. The minimum Gasteiger partial charge on any atom is -0.335 e. The van der Waals surface area contributed by atoms with Crippen LogP contribution in [0.1, 0.15) is 30.1 Å². The minimum atomic E-state index is -3.00. The smallest absolute Gasteiger partial charge is 0.254 e. The summed E-state index contributed by atoms with van der Waals surface area (Å²) >= 11 is 0. The summed E-state index contributed by atoms with van der Waals surface area (Å²) in [4.78, 5) is 14.7. The number of carbonyl (C=O) groups is 1. The molecule has 1 aliphatic rings. The monoisotopic (exact) mass is 331 g/mol. The van der Waals surface area contributed by atoms with E-state index >= 15 is 0 Å². The summed E-state index contributed by atoms with van der Waals surface area (Å²) in [7, 11) is -3.00. The fraction of sp³-hybridized carbons (Fsp3) is 0.389. The SMILES string of the molecule is CCCN(C(=O)c1ccc2ccccc2c1)[C@H]1CCS(=O)(=O)C1. The summed E-state index contributed by atoms with van der Waals surface area (Å²) < 4.78 is 23.5. The Bertz CT molecular complexity index is 829. The van der Waals surface area contributed by atoms with Gasteiger partial charge in [-0.25, -0.2) is 8.42 Å². The fourth-order valence-electron chi connectivity index (χ4n) is 3.20. The molecule has 1 aliphatic heterocycles. The lowest BCUT2D eigenvalue weighted by Crippen LogP contribution is -2.41. The Morgan fingerprint density at radius 3 is 2.57 bits per heavy atom. The first kappa shape index (κ1) is 16.0. The van der Waals surface area contributed by atoms with Gasteiger partial charge in [0.15, 0.2) is 9.84 Å². The van der Waals surface area contributed by atoms with E-state index in [2.05, 4.69) is 0 Å². The highest BCUT2D eigenvalue weighted by Gasteiger charge is 2.34. The van der Waals surface area contributed by atoms with Crippen LogP contribution in [0.4, 0.5) is 0 Å². The van der Waals surface area contributed by atoms with Crippen LogP contribution in [0.25, 0.3) is 10.8 Å². The van der Waals surface area contributed by atoms with Crippen molar-refractivity contribution in [3.63, 3.8) is 0 Å². The first-order chi connectivity index (χ1) is 11.0. The second kappa shape index (κ2) is 6.32. The molecular weight excluding hydrogens is 310 g/mol. The Morgan fingerprint density at radius 1 is 1.17 bits per heavy atom. The molecule has 122 valence electrons. The molecule has 2 aromatic carbocycles. The maximum Gasteiger partial charge on any atom is 0.254 e. The van der Waals surface area contributed by atoms with Gasteiger partial charge in [0, 0.05) is 18.2 Å². The van der Waals surface area contributed by atoms with E-state index in [1.807, 2.05) is 49.4 Å². The van der Waals surface area contributed by atoms with Gasteiger partial charge in [-0.3, -0.25) is 4.79 Å². The zero-order valence-electron chi connectivity index (χ0n) is 13.2. The highest BCUT2D eigenvalue weighted by atomic mass is 32.2. The number of sulfone groups is 1. The number of hydrogen-bond acceptors (Lipinski definition) is 3. The molecule has 0 bridgehead atoms. The Morgan fingerprint density at radius 2 is 1.91 bits per heavy atom. The molecule has 0 aromatic heterocycles. The van der Waals surface area contributed by atoms with Crippen LogP contribution in [0.2, 0.25) is 0 Å². The normalized spacial score (nSPS) is 19.8. The molecular formula is C18H21NO3S. The van der Waals surface area contributed by atoms with E-state index in [-0.39, 0.29) is 23.5 Å². The first-order valence-electron chi connectivity index (χ1n) is 8.00. The van der Waals surface area contributed by atoms with Crippen molar-refractivity contribution in [2.75, 3.05) is 18.1 Å². The molecule has 1 atom stereocenters. The van der Waals surface area contributed by atoms with Crippen molar-refractivity contribution < 1.29 is 13.2 Å². The molecule has 0 radical (unpaired) electrons. The average molecular weight is 331 g/mol. The van der Waals surface area contributed by atoms with Crippen molar-refractivity contribution in [3.05, 3.63) is 48.0 Å². The van der Waals surface area contributed by atoms with Crippen LogP contribution < -0.4 is 0 Å². The van der Waals surface area contributed by atoms with Crippen LogP contribution in [0, 0.1) is 0 Å². The third-order valence-corrected chi connectivity index (χ3v) is 6.12. The number of carbonyl (C=O) groups excluding carboxylic acids is 1. The van der Waals surface area contributed by atoms with E-state index in [0.29, 0.717) is 18.5 Å². The molecule has 0 N–H and O–H groups in total. The molecule has 2 aromatic rings. The highest BCUT2D eigenvalue weighted by molar-refractivity contribution is 7.91. The van der Waals surface area contributed by atoms with Gasteiger partial charge >= 0.3 is 0 Å². The number of benzene rings is 2. The predicted molar refractivity (Wildman–Crippen MR) is 92.3 cm³/mol. The fourth-order valence-corrected chi connectivity index (χ4v) is 4.93. The summed E-state index contributed by atoms with van der Waals surface area (Å²) in [5.41, 5.74) is 0.626. The lowest BCUT2D eigenvalue weighted by Gasteiger charge is -2.28. The average Bonchev–Trinajstić information content (AvgIpc) is 2.91. The van der Waals surface area contributed by atoms with E-state index in [0.717, 1.165) is 17.2 Å². The minimum absolute atomic E-state index is 0.0697. The maximum absolute atomic E-state index is 12.9. The van der Waals surface area contributed by atoms with Gasteiger partial charge in [0.05, 0.1) is 11.5 Å². The summed E-state index contributed by atoms with van der Waals surface area (Å²) in [6, 6.07) is 13.4. The summed E-state index contributed by atoms with van der Waals surface area (Å²) in [6.45, 7) is 2.59. The van der Waals surface area contributed by atoms with E-state index in [1.54, 1.807) is 4.90 Å². The van der Waals surface area contributed by atoms with Gasteiger partial charge in [0.25, 0.3) is 5.91 Å². The van der Waals surface area contributed by atoms with Gasteiger partial charge in [0.2, 0.25) is 0 Å². The quantitative estimate of drug-likeness (QED) is 0.865. The van der Waals surface area contributed by atoms with Crippen molar-refractivity contribution >= 4 is 26.5 Å². The van der Waals surface area contributed by atoms with Gasteiger partial charge in [-0.1, -0.05) is 37.3 Å². The van der Waals surface area contributed by atoms with E-state index in [4.69, 9.17) is 0 Å². The molecule has 0 spiro atoms. The molecule has 0 aliphatic carbocycles.